The van der Waals surface area contributed by atoms with E-state index in [-0.39, 0.29) is 37.5 Å². The zero-order chi connectivity index (χ0) is 38.1. The van der Waals surface area contributed by atoms with Gasteiger partial charge in [-0.2, -0.15) is 0 Å². The summed E-state index contributed by atoms with van der Waals surface area (Å²) in [5.41, 5.74) is 5.96. The van der Waals surface area contributed by atoms with Crippen molar-refractivity contribution in [1.82, 2.24) is 26.2 Å². The third-order valence-electron chi connectivity index (χ3n) is 9.83. The Labute approximate surface area is 303 Å². The molecule has 0 aromatic heterocycles. The molecule has 0 bridgehead atoms. The second-order valence-electron chi connectivity index (χ2n) is 14.7. The van der Waals surface area contributed by atoms with Crippen LogP contribution in [0.15, 0.2) is 0 Å². The largest absolute Gasteiger partial charge is 0.394 e. The highest BCUT2D eigenvalue weighted by Gasteiger charge is 2.39. The molecular weight excluding hydrogens is 660 g/mol. The summed E-state index contributed by atoms with van der Waals surface area (Å²) < 4.78 is 11.8. The van der Waals surface area contributed by atoms with Gasteiger partial charge in [0.05, 0.1) is 31.8 Å². The van der Waals surface area contributed by atoms with Gasteiger partial charge in [-0.1, -0.05) is 72.6 Å². The SMILES string of the molecule is CCCCCC[C@H]1O[C@@H](C)NC(=O)[C@H](COC[C@@H](O)CO)NC(=O)[C@H](CN)NC(=O)[C@H](C2CCCCC2)NC(=O)[C@H](CC(C)C)N(C)C(=O)[C@@H]1C. The lowest BCUT2D eigenvalue weighted by Gasteiger charge is -2.36. The number of likely N-dealkylation sites (N-methyl/N-ethyl adjacent to an activating group) is 1. The van der Waals surface area contributed by atoms with E-state index < -0.39 is 78.8 Å². The molecule has 0 aromatic rings. The van der Waals surface area contributed by atoms with E-state index in [2.05, 4.69) is 28.2 Å². The number of carbonyl (C=O) groups excluding carboxylic acids is 5. The molecule has 5 amide bonds. The van der Waals surface area contributed by atoms with Gasteiger partial charge in [-0.05, 0) is 44.4 Å². The van der Waals surface area contributed by atoms with Gasteiger partial charge in [-0.15, -0.1) is 0 Å². The molecule has 1 heterocycles. The van der Waals surface area contributed by atoms with E-state index in [1.807, 2.05) is 13.8 Å². The van der Waals surface area contributed by atoms with Crippen molar-refractivity contribution in [3.8, 4) is 0 Å². The van der Waals surface area contributed by atoms with Crippen LogP contribution < -0.4 is 27.0 Å². The van der Waals surface area contributed by atoms with Gasteiger partial charge in [0.2, 0.25) is 29.5 Å². The number of nitrogens with zero attached hydrogens (tertiary/aromatic N) is 1. The van der Waals surface area contributed by atoms with Gasteiger partial charge in [0.1, 0.15) is 36.5 Å². The summed E-state index contributed by atoms with van der Waals surface area (Å²) in [6.45, 7) is 7.89. The average Bonchev–Trinajstić information content (AvgIpc) is 3.11. The Morgan fingerprint density at radius 1 is 0.902 bits per heavy atom. The summed E-state index contributed by atoms with van der Waals surface area (Å²) in [6.07, 6.45) is 6.14. The number of amides is 5. The van der Waals surface area contributed by atoms with Crippen molar-refractivity contribution >= 4 is 29.5 Å². The van der Waals surface area contributed by atoms with E-state index in [4.69, 9.17) is 15.2 Å². The highest BCUT2D eigenvalue weighted by Crippen LogP contribution is 2.28. The highest BCUT2D eigenvalue weighted by atomic mass is 16.5. The molecule has 8 atom stereocenters. The van der Waals surface area contributed by atoms with Crippen molar-refractivity contribution in [3.63, 3.8) is 0 Å². The average molecular weight is 727 g/mol. The number of unbranched alkanes of at least 4 members (excludes halogenated alkanes) is 3. The lowest BCUT2D eigenvalue weighted by Crippen LogP contribution is -2.62. The number of nitrogens with one attached hydrogen (secondary N) is 4. The molecule has 2 fully saturated rings. The molecule has 1 saturated carbocycles. The van der Waals surface area contributed by atoms with Crippen LogP contribution in [-0.2, 0) is 33.4 Å². The number of hydrogen-bond acceptors (Lipinski definition) is 10. The van der Waals surface area contributed by atoms with Crippen molar-refractivity contribution in [2.45, 2.75) is 148 Å². The van der Waals surface area contributed by atoms with Gasteiger partial charge in [0, 0.05) is 13.6 Å². The van der Waals surface area contributed by atoms with Crippen LogP contribution in [0.25, 0.3) is 0 Å². The van der Waals surface area contributed by atoms with Crippen LogP contribution in [0.4, 0.5) is 0 Å². The number of carbonyl (C=O) groups is 5. The molecule has 15 nitrogen and oxygen atoms in total. The monoisotopic (exact) mass is 726 g/mol. The van der Waals surface area contributed by atoms with Crippen LogP contribution in [0.5, 0.6) is 0 Å². The third-order valence-corrected chi connectivity index (χ3v) is 9.83. The molecule has 2 rings (SSSR count). The number of ether oxygens (including phenoxy) is 2. The number of aliphatic hydroxyl groups is 2. The zero-order valence-corrected chi connectivity index (χ0v) is 31.7. The first kappa shape index (κ1) is 44.3. The van der Waals surface area contributed by atoms with Gasteiger partial charge < -0.3 is 51.6 Å². The molecule has 294 valence electrons. The van der Waals surface area contributed by atoms with E-state index in [9.17, 15) is 34.2 Å². The Morgan fingerprint density at radius 2 is 1.55 bits per heavy atom. The minimum Gasteiger partial charge on any atom is -0.394 e. The zero-order valence-electron chi connectivity index (χ0n) is 31.7. The molecule has 0 unspecified atom stereocenters. The van der Waals surface area contributed by atoms with Crippen LogP contribution in [0.1, 0.15) is 105 Å². The molecule has 1 saturated heterocycles. The van der Waals surface area contributed by atoms with Crippen molar-refractivity contribution in [2.24, 2.45) is 23.5 Å². The first-order valence-electron chi connectivity index (χ1n) is 18.9. The molecule has 0 aromatic carbocycles. The molecule has 8 N–H and O–H groups in total. The lowest BCUT2D eigenvalue weighted by molar-refractivity contribution is -0.150. The van der Waals surface area contributed by atoms with Gasteiger partial charge in [0.15, 0.2) is 0 Å². The summed E-state index contributed by atoms with van der Waals surface area (Å²) in [4.78, 5) is 70.8. The Balaban J connectivity index is 2.56. The molecule has 51 heavy (non-hydrogen) atoms. The number of hydrogen-bond donors (Lipinski definition) is 7. The number of aliphatic hydroxyl groups excluding tert-OH is 2. The maximum absolute atomic E-state index is 14.1. The fraction of sp³-hybridized carbons (Fsp3) is 0.861. The van der Waals surface area contributed by atoms with Gasteiger partial charge >= 0.3 is 0 Å². The maximum Gasteiger partial charge on any atom is 0.246 e. The Kier molecular flexibility index (Phi) is 19.9. The van der Waals surface area contributed by atoms with Crippen molar-refractivity contribution < 1.29 is 43.7 Å². The number of nitrogens with two attached hydrogens (primary N) is 1. The smallest absolute Gasteiger partial charge is 0.246 e. The van der Waals surface area contributed by atoms with Crippen LogP contribution in [0.2, 0.25) is 0 Å². The number of rotatable bonds is 14. The first-order chi connectivity index (χ1) is 24.2. The van der Waals surface area contributed by atoms with Gasteiger partial charge in [-0.25, -0.2) is 0 Å². The van der Waals surface area contributed by atoms with E-state index >= 15 is 0 Å². The van der Waals surface area contributed by atoms with E-state index in [1.54, 1.807) is 20.9 Å². The van der Waals surface area contributed by atoms with E-state index in [0.29, 0.717) is 25.7 Å². The van der Waals surface area contributed by atoms with E-state index in [0.717, 1.165) is 44.9 Å². The third kappa shape index (κ3) is 14.6. The molecule has 2 aliphatic rings. The van der Waals surface area contributed by atoms with Gasteiger partial charge in [0.25, 0.3) is 0 Å². The fourth-order valence-electron chi connectivity index (χ4n) is 6.76. The molecule has 1 aliphatic heterocycles. The quantitative estimate of drug-likeness (QED) is 0.124. The highest BCUT2D eigenvalue weighted by molar-refractivity contribution is 5.96. The summed E-state index contributed by atoms with van der Waals surface area (Å²) >= 11 is 0. The topological polar surface area (TPSA) is 222 Å². The first-order valence-corrected chi connectivity index (χ1v) is 18.9. The summed E-state index contributed by atoms with van der Waals surface area (Å²) in [5.74, 6) is -3.55. The fourth-order valence-corrected chi connectivity index (χ4v) is 6.76. The maximum atomic E-state index is 14.1. The predicted molar refractivity (Wildman–Crippen MR) is 192 cm³/mol. The van der Waals surface area contributed by atoms with Crippen molar-refractivity contribution in [2.75, 3.05) is 33.4 Å². The summed E-state index contributed by atoms with van der Waals surface area (Å²) in [5, 5.41) is 29.9. The lowest BCUT2D eigenvalue weighted by atomic mass is 9.83. The summed E-state index contributed by atoms with van der Waals surface area (Å²) in [6, 6.07) is -4.39. The van der Waals surface area contributed by atoms with Crippen LogP contribution in [0, 0.1) is 17.8 Å². The minimum absolute atomic E-state index is 0.0524. The Hall–Kier alpha value is -2.85. The van der Waals surface area contributed by atoms with E-state index in [1.165, 1.54) is 4.90 Å². The molecular formula is C36H66N6O9. The normalized spacial score (nSPS) is 29.1. The van der Waals surface area contributed by atoms with Crippen LogP contribution in [0.3, 0.4) is 0 Å². The second-order valence-corrected chi connectivity index (χ2v) is 14.7. The second kappa shape index (κ2) is 22.9. The van der Waals surface area contributed by atoms with Crippen molar-refractivity contribution in [1.29, 1.82) is 0 Å². The van der Waals surface area contributed by atoms with Crippen molar-refractivity contribution in [3.05, 3.63) is 0 Å². The molecule has 0 spiro atoms. The Morgan fingerprint density at radius 3 is 2.16 bits per heavy atom. The Bertz CT molecular complexity index is 1110. The van der Waals surface area contributed by atoms with Gasteiger partial charge in [-0.3, -0.25) is 24.0 Å². The standard InChI is InChI=1S/C36H66N6O9/c1-7-8-9-13-16-30-23(4)36(49)42(6)29(17-22(2)3)34(47)41-31(25-14-11-10-12-15-25)35(48)39-27(18-37)32(45)40-28(21-50-20-26(44)19-43)33(46)38-24(5)51-30/h22-31,43-44H,7-21,37H2,1-6H3,(H,38,46)(H,39,48)(H,40,45)(H,41,47)/t23-,24+,26+,27+,28+,29+,30-,31+/m1/s1. The van der Waals surface area contributed by atoms with Crippen LogP contribution in [-0.4, -0.2) is 121 Å². The predicted octanol–water partition coefficient (Wildman–Crippen LogP) is 0.690. The van der Waals surface area contributed by atoms with Crippen LogP contribution >= 0.6 is 0 Å². The molecule has 15 heteroatoms. The minimum atomic E-state index is -1.29. The molecule has 1 aliphatic carbocycles. The summed E-state index contributed by atoms with van der Waals surface area (Å²) in [7, 11) is 1.60. The molecule has 0 radical (unpaired) electrons.